The van der Waals surface area contributed by atoms with Crippen LogP contribution in [0.15, 0.2) is 70.9 Å². The zero-order valence-corrected chi connectivity index (χ0v) is 21.1. The summed E-state index contributed by atoms with van der Waals surface area (Å²) in [6, 6.07) is 12.3. The number of alkyl halides is 3. The van der Waals surface area contributed by atoms with Gasteiger partial charge in [0.1, 0.15) is 29.2 Å². The molecule has 0 aliphatic carbocycles. The van der Waals surface area contributed by atoms with E-state index >= 15 is 0 Å². The molecule has 4 heterocycles. The number of para-hydroxylation sites is 1. The lowest BCUT2D eigenvalue weighted by molar-refractivity contribution is -0.161. The van der Waals surface area contributed by atoms with Crippen LogP contribution in [0.1, 0.15) is 17.4 Å². The van der Waals surface area contributed by atoms with Gasteiger partial charge in [-0.3, -0.25) is 14.3 Å². The minimum atomic E-state index is -4.72. The van der Waals surface area contributed by atoms with Gasteiger partial charge in [-0.05, 0) is 17.7 Å². The van der Waals surface area contributed by atoms with E-state index in [1.54, 1.807) is 61.8 Å². The van der Waals surface area contributed by atoms with Crippen molar-refractivity contribution in [3.63, 3.8) is 0 Å². The molecular weight excluding hydrogens is 531 g/mol. The van der Waals surface area contributed by atoms with E-state index in [0.29, 0.717) is 11.3 Å². The second-order valence-electron chi connectivity index (χ2n) is 9.25. The average Bonchev–Trinajstić information content (AvgIpc) is 3.65. The molecule has 40 heavy (non-hydrogen) atoms. The van der Waals surface area contributed by atoms with E-state index in [-0.39, 0.29) is 34.1 Å². The molecule has 2 aromatic heterocycles. The Kier molecular flexibility index (Phi) is 5.98. The molecule has 4 aromatic rings. The van der Waals surface area contributed by atoms with Gasteiger partial charge in [-0.15, -0.1) is 0 Å². The predicted octanol–water partition coefficient (Wildman–Crippen LogP) is 2.91. The average molecular weight is 554 g/mol. The Morgan fingerprint density at radius 1 is 1.12 bits per heavy atom. The minimum absolute atomic E-state index is 0.174. The maximum atomic E-state index is 14.3. The van der Waals surface area contributed by atoms with Crippen molar-refractivity contribution >= 4 is 34.3 Å². The number of rotatable bonds is 5. The van der Waals surface area contributed by atoms with Crippen LogP contribution in [0.5, 0.6) is 5.75 Å². The lowest BCUT2D eigenvalue weighted by atomic mass is 9.89. The van der Waals surface area contributed by atoms with E-state index in [4.69, 9.17) is 9.15 Å². The summed E-state index contributed by atoms with van der Waals surface area (Å²) < 4.78 is 55.4. The molecule has 2 aromatic carbocycles. The van der Waals surface area contributed by atoms with Gasteiger partial charge in [-0.25, -0.2) is 15.4 Å². The number of methoxy groups -OCH3 is 1. The van der Waals surface area contributed by atoms with Gasteiger partial charge in [0.15, 0.2) is 16.9 Å². The van der Waals surface area contributed by atoms with Crippen molar-refractivity contribution in [3.05, 3.63) is 77.9 Å². The van der Waals surface area contributed by atoms with Crippen LogP contribution in [0.3, 0.4) is 0 Å². The summed E-state index contributed by atoms with van der Waals surface area (Å²) in [4.78, 5) is 31.9. The van der Waals surface area contributed by atoms with E-state index < -0.39 is 36.1 Å². The molecule has 6 rings (SSSR count). The van der Waals surface area contributed by atoms with Crippen molar-refractivity contribution in [2.24, 2.45) is 7.05 Å². The number of carbonyl (C=O) groups is 2. The quantitative estimate of drug-likeness (QED) is 0.345. The Hall–Kier alpha value is -4.85. The summed E-state index contributed by atoms with van der Waals surface area (Å²) >= 11 is 0. The molecule has 14 heteroatoms. The van der Waals surface area contributed by atoms with Gasteiger partial charge in [-0.1, -0.05) is 36.4 Å². The molecule has 1 fully saturated rings. The topological polar surface area (TPSA) is 127 Å². The van der Waals surface area contributed by atoms with Gasteiger partial charge in [0, 0.05) is 19.3 Å². The van der Waals surface area contributed by atoms with Crippen LogP contribution in [0, 0.1) is 0 Å². The summed E-state index contributed by atoms with van der Waals surface area (Å²) in [5, 5.41) is 10.4. The first-order chi connectivity index (χ1) is 19.2. The maximum Gasteiger partial charge on any atom is 0.406 e. The summed E-state index contributed by atoms with van der Waals surface area (Å²) in [5.74, 6) is -2.76. The molecule has 2 aliphatic heterocycles. The Labute approximate surface area is 224 Å². The first kappa shape index (κ1) is 25.4. The highest BCUT2D eigenvalue weighted by atomic mass is 19.4. The maximum absolute atomic E-state index is 14.3. The van der Waals surface area contributed by atoms with E-state index in [0.717, 1.165) is 5.01 Å². The van der Waals surface area contributed by atoms with Crippen LogP contribution in [0.25, 0.3) is 16.7 Å². The molecule has 3 atom stereocenters. The second kappa shape index (κ2) is 9.41. The van der Waals surface area contributed by atoms with Gasteiger partial charge in [0.2, 0.25) is 5.89 Å². The van der Waals surface area contributed by atoms with Gasteiger partial charge in [0.25, 0.3) is 11.8 Å². The number of nitrogens with zero attached hydrogens (tertiary/aromatic N) is 4. The number of aryl methyl sites for hydroxylation is 1. The smallest absolute Gasteiger partial charge is 0.406 e. The Bertz CT molecular complexity index is 1650. The molecule has 3 unspecified atom stereocenters. The minimum Gasteiger partial charge on any atom is -0.494 e. The number of hydrogen-bond donors (Lipinski definition) is 3. The highest BCUT2D eigenvalue weighted by Crippen LogP contribution is 2.43. The number of halogens is 3. The first-order valence-electron chi connectivity index (χ1n) is 12.1. The monoisotopic (exact) mass is 553 g/mol. The van der Waals surface area contributed by atoms with E-state index in [1.165, 1.54) is 17.9 Å². The molecule has 0 saturated carbocycles. The number of ether oxygens (including phenoxy) is 1. The van der Waals surface area contributed by atoms with Gasteiger partial charge >= 0.3 is 6.18 Å². The molecule has 0 spiro atoms. The predicted molar refractivity (Wildman–Crippen MR) is 135 cm³/mol. The van der Waals surface area contributed by atoms with Crippen LogP contribution in [-0.4, -0.2) is 57.1 Å². The Morgan fingerprint density at radius 2 is 1.90 bits per heavy atom. The van der Waals surface area contributed by atoms with Crippen LogP contribution in [0.2, 0.25) is 0 Å². The van der Waals surface area contributed by atoms with Crippen molar-refractivity contribution < 1.29 is 31.9 Å². The lowest BCUT2D eigenvalue weighted by Crippen LogP contribution is -2.56. The van der Waals surface area contributed by atoms with Gasteiger partial charge < -0.3 is 19.8 Å². The Balaban J connectivity index is 1.50. The molecule has 11 nitrogen and oxygen atoms in total. The first-order valence-corrected chi connectivity index (χ1v) is 12.1. The summed E-state index contributed by atoms with van der Waals surface area (Å²) in [5.41, 5.74) is 2.51. The molecule has 3 N–H and O–H groups in total. The van der Waals surface area contributed by atoms with Crippen LogP contribution in [0.4, 0.5) is 19.0 Å². The van der Waals surface area contributed by atoms with Gasteiger partial charge in [-0.2, -0.15) is 18.3 Å². The van der Waals surface area contributed by atoms with Crippen molar-refractivity contribution in [1.29, 1.82) is 0 Å². The normalized spacial score (nSPS) is 21.0. The summed E-state index contributed by atoms with van der Waals surface area (Å²) in [6.45, 7) is 0. The van der Waals surface area contributed by atoms with Crippen molar-refractivity contribution in [2.45, 2.75) is 24.3 Å². The number of hydrazine groups is 1. The number of nitrogens with one attached hydrogen (secondary N) is 3. The third kappa shape index (κ3) is 4.22. The fraction of sp³-hybridized carbons (Fsp3) is 0.231. The van der Waals surface area contributed by atoms with E-state index in [1.807, 2.05) is 0 Å². The van der Waals surface area contributed by atoms with Crippen LogP contribution in [-0.2, 0) is 16.6 Å². The summed E-state index contributed by atoms with van der Waals surface area (Å²) in [6.07, 6.45) is -4.39. The lowest BCUT2D eigenvalue weighted by Gasteiger charge is -2.34. The second-order valence-corrected chi connectivity index (χ2v) is 9.25. The molecule has 0 radical (unpaired) electrons. The standard InChI is InChI=1S/C26H22F3N7O4/c1-35-12-11-16(33-35)30-23(37)20-18(24-32-19-14(39-2)9-6-10-15(19)40-24)25(38)36-22(31-20)17(13-7-4-3-5-8-13)21(34-36)26(27,28)29/h3-12,17,21-22,31,34H,1-2H3,(H,30,33,37). The van der Waals surface area contributed by atoms with E-state index in [2.05, 4.69) is 26.1 Å². The van der Waals surface area contributed by atoms with Crippen LogP contribution < -0.4 is 20.8 Å². The molecule has 206 valence electrons. The van der Waals surface area contributed by atoms with Crippen molar-refractivity contribution in [2.75, 3.05) is 12.4 Å². The number of hydrogen-bond acceptors (Lipinski definition) is 8. The van der Waals surface area contributed by atoms with Gasteiger partial charge in [0.05, 0.1) is 13.0 Å². The zero-order chi connectivity index (χ0) is 28.2. The SMILES string of the molecule is COc1cccc2oc(C3=C(C(=O)Nc4ccn(C)n4)NC4C(c5ccccc5)C(C(F)(F)F)NN4C3=O)nc12. The van der Waals surface area contributed by atoms with Crippen LogP contribution >= 0.6 is 0 Å². The molecular formula is C26H22F3N7O4. The zero-order valence-electron chi connectivity index (χ0n) is 21.1. The largest absolute Gasteiger partial charge is 0.494 e. The molecule has 1 saturated heterocycles. The molecule has 0 bridgehead atoms. The third-order valence-corrected chi connectivity index (χ3v) is 6.77. The number of oxazole rings is 1. The third-order valence-electron chi connectivity index (χ3n) is 6.77. The number of carbonyl (C=O) groups excluding carboxylic acids is 2. The highest BCUT2D eigenvalue weighted by molar-refractivity contribution is 6.27. The number of amides is 2. The fourth-order valence-corrected chi connectivity index (χ4v) is 5.00. The molecule has 2 amide bonds. The Morgan fingerprint density at radius 3 is 2.58 bits per heavy atom. The molecule has 2 aliphatic rings. The highest BCUT2D eigenvalue weighted by Gasteiger charge is 2.58. The van der Waals surface area contributed by atoms with E-state index in [9.17, 15) is 22.8 Å². The van der Waals surface area contributed by atoms with Crippen molar-refractivity contribution in [1.82, 2.24) is 30.5 Å². The fourth-order valence-electron chi connectivity index (χ4n) is 5.00. The number of anilines is 1. The number of fused-ring (bicyclic) bond motifs is 2. The summed E-state index contributed by atoms with van der Waals surface area (Å²) in [7, 11) is 3.08. The number of benzene rings is 2. The van der Waals surface area contributed by atoms with Crippen molar-refractivity contribution in [3.8, 4) is 5.75 Å². The number of aromatic nitrogens is 3.